The van der Waals surface area contributed by atoms with Gasteiger partial charge in [-0.15, -0.1) is 0 Å². The van der Waals surface area contributed by atoms with Crippen LogP contribution < -0.4 is 34.2 Å². The normalized spacial score (nSPS) is 16.6. The molecule has 8 nitrogen and oxygen atoms in total. The van der Waals surface area contributed by atoms with Crippen molar-refractivity contribution in [1.82, 2.24) is 4.57 Å². The number of carbonyl (C=O) groups is 1. The van der Waals surface area contributed by atoms with Crippen molar-refractivity contribution in [3.8, 4) is 11.5 Å². The molecule has 0 N–H and O–H groups in total. The molecule has 0 saturated carbocycles. The van der Waals surface area contributed by atoms with E-state index in [1.165, 1.54) is 11.3 Å². The second-order valence-corrected chi connectivity index (χ2v) is 8.70. The summed E-state index contributed by atoms with van der Waals surface area (Å²) in [6.07, 6.45) is 0. The predicted octanol–water partition coefficient (Wildman–Crippen LogP) is 1.47. The van der Waals surface area contributed by atoms with Gasteiger partial charge < -0.3 is 19.3 Å². The molecule has 3 aromatic rings. The third kappa shape index (κ3) is 3.00. The molecule has 0 aliphatic carbocycles. The highest BCUT2D eigenvalue weighted by molar-refractivity contribution is 7.07. The molecule has 0 fully saturated rings. The van der Waals surface area contributed by atoms with Gasteiger partial charge in [0.05, 0.1) is 25.5 Å². The number of aromatic nitrogens is 1. The number of rotatable bonds is 3. The topological polar surface area (TPSA) is 76.4 Å². The number of anilines is 2. The van der Waals surface area contributed by atoms with E-state index in [0.29, 0.717) is 39.7 Å². The van der Waals surface area contributed by atoms with Gasteiger partial charge in [-0.2, -0.15) is 0 Å². The number of fused-ring (bicyclic) bond motifs is 2. The molecule has 1 aromatic heterocycles. The first-order valence-electron chi connectivity index (χ1n) is 10.1. The van der Waals surface area contributed by atoms with E-state index in [0.717, 1.165) is 22.5 Å². The van der Waals surface area contributed by atoms with Crippen molar-refractivity contribution in [3.05, 3.63) is 67.2 Å². The molecule has 0 saturated heterocycles. The maximum absolute atomic E-state index is 13.4. The maximum atomic E-state index is 13.4. The van der Waals surface area contributed by atoms with Gasteiger partial charge in [0, 0.05) is 24.4 Å². The van der Waals surface area contributed by atoms with E-state index < -0.39 is 0 Å². The highest BCUT2D eigenvalue weighted by atomic mass is 32.1. The van der Waals surface area contributed by atoms with E-state index in [9.17, 15) is 9.59 Å². The van der Waals surface area contributed by atoms with Crippen molar-refractivity contribution in [2.75, 3.05) is 37.7 Å². The van der Waals surface area contributed by atoms with Gasteiger partial charge in [0.2, 0.25) is 0 Å². The van der Waals surface area contributed by atoms with Crippen LogP contribution in [0.1, 0.15) is 11.1 Å². The fourth-order valence-electron chi connectivity index (χ4n) is 4.10. The van der Waals surface area contributed by atoms with Crippen LogP contribution in [0.3, 0.4) is 0 Å². The van der Waals surface area contributed by atoms with E-state index >= 15 is 0 Å². The molecule has 2 aliphatic rings. The second kappa shape index (κ2) is 7.52. The Morgan fingerprint density at radius 1 is 1.03 bits per heavy atom. The Balaban J connectivity index is 1.61. The van der Waals surface area contributed by atoms with Gasteiger partial charge in [-0.25, -0.2) is 4.99 Å². The van der Waals surface area contributed by atoms with Crippen LogP contribution in [0.2, 0.25) is 0 Å². The number of methoxy groups -OCH3 is 2. The van der Waals surface area contributed by atoms with E-state index in [1.54, 1.807) is 30.7 Å². The monoisotopic (exact) mass is 450 g/mol. The maximum Gasteiger partial charge on any atom is 0.272 e. The zero-order valence-electron chi connectivity index (χ0n) is 18.2. The number of likely N-dealkylation sites (N-methyl/N-ethyl adjacent to an activating group) is 1. The number of benzene rings is 2. The first-order valence-corrected chi connectivity index (χ1v) is 10.9. The second-order valence-electron chi connectivity index (χ2n) is 7.73. The molecule has 0 radical (unpaired) electrons. The van der Waals surface area contributed by atoms with Crippen LogP contribution in [-0.2, 0) is 11.5 Å². The summed E-state index contributed by atoms with van der Waals surface area (Å²) in [6, 6.07) is 11.4. The molecule has 0 spiro atoms. The number of hydrogen-bond acceptors (Lipinski definition) is 7. The SMILES string of the molecule is COc1ccc(N2CN=c3s/c(=C4\C(=O)N(C)c5ccc(C)cc54)c(=O)n3C2)cc1OC. The van der Waals surface area contributed by atoms with E-state index in [2.05, 4.69) is 4.99 Å². The molecule has 2 aromatic carbocycles. The lowest BCUT2D eigenvalue weighted by atomic mass is 10.1. The van der Waals surface area contributed by atoms with Gasteiger partial charge in [0.25, 0.3) is 11.5 Å². The third-order valence-corrected chi connectivity index (χ3v) is 6.93. The smallest absolute Gasteiger partial charge is 0.272 e. The molecule has 32 heavy (non-hydrogen) atoms. The highest BCUT2D eigenvalue weighted by Gasteiger charge is 2.32. The van der Waals surface area contributed by atoms with Gasteiger partial charge in [0.1, 0.15) is 17.9 Å². The van der Waals surface area contributed by atoms with Gasteiger partial charge in [-0.1, -0.05) is 23.0 Å². The highest BCUT2D eigenvalue weighted by Crippen LogP contribution is 2.35. The lowest BCUT2D eigenvalue weighted by molar-refractivity contribution is -0.112. The molecule has 0 unspecified atom stereocenters. The summed E-state index contributed by atoms with van der Waals surface area (Å²) in [5.74, 6) is 1.07. The van der Waals surface area contributed by atoms with Crippen molar-refractivity contribution in [2.45, 2.75) is 13.6 Å². The van der Waals surface area contributed by atoms with Crippen molar-refractivity contribution >= 4 is 34.2 Å². The van der Waals surface area contributed by atoms with Gasteiger partial charge >= 0.3 is 0 Å². The molecule has 0 bridgehead atoms. The number of nitrogens with zero attached hydrogens (tertiary/aromatic N) is 4. The van der Waals surface area contributed by atoms with Crippen LogP contribution in [0.5, 0.6) is 11.5 Å². The zero-order valence-corrected chi connectivity index (χ0v) is 19.0. The van der Waals surface area contributed by atoms with Crippen LogP contribution in [0.4, 0.5) is 11.4 Å². The molecule has 5 rings (SSSR count). The third-order valence-electron chi connectivity index (χ3n) is 5.81. The predicted molar refractivity (Wildman–Crippen MR) is 123 cm³/mol. The lowest BCUT2D eigenvalue weighted by Gasteiger charge is -2.26. The van der Waals surface area contributed by atoms with Crippen LogP contribution in [-0.4, -0.2) is 38.4 Å². The molecule has 2 aliphatic heterocycles. The summed E-state index contributed by atoms with van der Waals surface area (Å²) >= 11 is 1.27. The molecular weight excluding hydrogens is 428 g/mol. The average Bonchev–Trinajstić information content (AvgIpc) is 3.25. The first-order chi connectivity index (χ1) is 15.4. The molecule has 1 amide bonds. The number of aryl methyl sites for hydroxylation is 1. The first kappa shape index (κ1) is 20.3. The Bertz CT molecular complexity index is 1440. The average molecular weight is 451 g/mol. The Labute approximate surface area is 188 Å². The number of amides is 1. The van der Waals surface area contributed by atoms with Crippen molar-refractivity contribution < 1.29 is 14.3 Å². The molecular formula is C23H22N4O4S. The Morgan fingerprint density at radius 3 is 2.56 bits per heavy atom. The molecule has 3 heterocycles. The number of thiazole rings is 1. The summed E-state index contributed by atoms with van der Waals surface area (Å²) < 4.78 is 12.8. The minimum Gasteiger partial charge on any atom is -0.493 e. The Kier molecular flexibility index (Phi) is 4.78. The van der Waals surface area contributed by atoms with Crippen LogP contribution in [0.15, 0.2) is 46.2 Å². The summed E-state index contributed by atoms with van der Waals surface area (Å²) in [5, 5.41) is 0. The van der Waals surface area contributed by atoms with Crippen molar-refractivity contribution in [3.63, 3.8) is 0 Å². The fraction of sp³-hybridized carbons (Fsp3) is 0.261. The van der Waals surface area contributed by atoms with E-state index in [1.807, 2.05) is 48.2 Å². The Hall–Kier alpha value is -3.59. The number of ether oxygens (including phenoxy) is 2. The number of carbonyl (C=O) groups excluding carboxylic acids is 1. The number of hydrogen-bond donors (Lipinski definition) is 0. The van der Waals surface area contributed by atoms with Gasteiger partial charge in [-0.3, -0.25) is 14.2 Å². The van der Waals surface area contributed by atoms with Crippen LogP contribution in [0, 0.1) is 6.92 Å². The molecule has 9 heteroatoms. The largest absolute Gasteiger partial charge is 0.493 e. The molecule has 0 atom stereocenters. The van der Waals surface area contributed by atoms with Crippen molar-refractivity contribution in [1.29, 1.82) is 0 Å². The van der Waals surface area contributed by atoms with E-state index in [4.69, 9.17) is 9.47 Å². The zero-order chi connectivity index (χ0) is 22.6. The molecule has 164 valence electrons. The van der Waals surface area contributed by atoms with Crippen LogP contribution in [0.25, 0.3) is 5.57 Å². The summed E-state index contributed by atoms with van der Waals surface area (Å²) in [7, 11) is 4.91. The van der Waals surface area contributed by atoms with Gasteiger partial charge in [-0.05, 0) is 31.2 Å². The fourth-order valence-corrected chi connectivity index (χ4v) is 5.15. The minimum absolute atomic E-state index is 0.168. The summed E-state index contributed by atoms with van der Waals surface area (Å²) in [5.41, 5.74) is 3.76. The van der Waals surface area contributed by atoms with Gasteiger partial charge in [0.15, 0.2) is 16.3 Å². The lowest BCUT2D eigenvalue weighted by Crippen LogP contribution is -2.43. The summed E-state index contributed by atoms with van der Waals surface area (Å²) in [4.78, 5) is 35.2. The minimum atomic E-state index is -0.204. The van der Waals surface area contributed by atoms with Crippen molar-refractivity contribution in [2.24, 2.45) is 4.99 Å². The quantitative estimate of drug-likeness (QED) is 0.604. The van der Waals surface area contributed by atoms with E-state index in [-0.39, 0.29) is 11.5 Å². The standard InChI is InChI=1S/C23H22N4O4S/c1-13-5-7-16-15(9-13)19(21(28)25(16)2)20-22(29)27-12-26(11-24-23(27)32-20)14-6-8-17(30-3)18(10-14)31-4/h5-10H,11-12H2,1-4H3/b20-19-. The summed E-state index contributed by atoms with van der Waals surface area (Å²) in [6.45, 7) is 2.71. The van der Waals surface area contributed by atoms with Crippen LogP contribution >= 0.6 is 11.3 Å². The Morgan fingerprint density at radius 2 is 1.81 bits per heavy atom.